The number of amides is 3. The third kappa shape index (κ3) is 5.06. The molecule has 0 radical (unpaired) electrons. The highest BCUT2D eigenvalue weighted by Crippen LogP contribution is 2.28. The van der Waals surface area contributed by atoms with Crippen molar-refractivity contribution in [1.29, 1.82) is 5.41 Å². The van der Waals surface area contributed by atoms with Crippen molar-refractivity contribution in [2.24, 2.45) is 4.99 Å². The number of anilines is 1. The summed E-state index contributed by atoms with van der Waals surface area (Å²) >= 11 is 11.9. The maximum absolute atomic E-state index is 12.6. The van der Waals surface area contributed by atoms with Crippen LogP contribution in [-0.2, 0) is 20.9 Å². The Labute approximate surface area is 194 Å². The van der Waals surface area contributed by atoms with Gasteiger partial charge in [-0.25, -0.2) is 14.6 Å². The Morgan fingerprint density at radius 3 is 2.47 bits per heavy atom. The van der Waals surface area contributed by atoms with Crippen LogP contribution in [0.25, 0.3) is 0 Å². The van der Waals surface area contributed by atoms with Gasteiger partial charge in [0, 0.05) is 6.04 Å². The largest absolute Gasteiger partial charge is 0.444 e. The molecule has 0 atom stereocenters. The molecule has 1 aliphatic rings. The van der Waals surface area contributed by atoms with Gasteiger partial charge in [-0.3, -0.25) is 20.3 Å². The molecular weight excluding hydrogens is 457 g/mol. The van der Waals surface area contributed by atoms with Crippen molar-refractivity contribution in [3.05, 3.63) is 64.1 Å². The number of rotatable bonds is 4. The van der Waals surface area contributed by atoms with Crippen LogP contribution in [0.3, 0.4) is 0 Å². The first-order chi connectivity index (χ1) is 15.2. The topological polar surface area (TPSA) is 115 Å². The molecule has 2 aromatic carbocycles. The quantitative estimate of drug-likeness (QED) is 0.397. The molecule has 2 aromatic rings. The number of ether oxygens (including phenoxy) is 1. The van der Waals surface area contributed by atoms with Crippen molar-refractivity contribution >= 4 is 58.7 Å². The number of halogens is 2. The third-order valence-electron chi connectivity index (χ3n) is 4.35. The number of aliphatic imine (C=N–C) groups is 1. The SMILES string of the molecule is CC(C)N(C(=N)/N=C1\NC(=O)C(=O)N1c1ccc(Cl)c(Cl)c1)C(=O)OCc1ccccc1. The average molecular weight is 476 g/mol. The first-order valence-electron chi connectivity index (χ1n) is 9.46. The molecule has 1 heterocycles. The maximum Gasteiger partial charge on any atom is 0.417 e. The van der Waals surface area contributed by atoms with E-state index in [4.69, 9.17) is 33.3 Å². The molecular formula is C21H19Cl2N5O4. The second-order valence-electron chi connectivity index (χ2n) is 6.96. The van der Waals surface area contributed by atoms with Crippen LogP contribution in [0.4, 0.5) is 10.5 Å². The van der Waals surface area contributed by atoms with Gasteiger partial charge >= 0.3 is 17.9 Å². The van der Waals surface area contributed by atoms with Crippen molar-refractivity contribution in [1.82, 2.24) is 10.2 Å². The number of hydrogen-bond acceptors (Lipinski definition) is 5. The average Bonchev–Trinajstić information content (AvgIpc) is 3.02. The van der Waals surface area contributed by atoms with Gasteiger partial charge in [0.25, 0.3) is 0 Å². The van der Waals surface area contributed by atoms with Gasteiger partial charge in [-0.15, -0.1) is 0 Å². The summed E-state index contributed by atoms with van der Waals surface area (Å²) in [6.45, 7) is 3.36. The minimum atomic E-state index is -0.939. The molecule has 1 aliphatic heterocycles. The highest BCUT2D eigenvalue weighted by Gasteiger charge is 2.38. The van der Waals surface area contributed by atoms with E-state index in [2.05, 4.69) is 10.3 Å². The van der Waals surface area contributed by atoms with Crippen LogP contribution < -0.4 is 10.2 Å². The molecule has 2 N–H and O–H groups in total. The summed E-state index contributed by atoms with van der Waals surface area (Å²) in [5, 5.41) is 11.0. The zero-order valence-corrected chi connectivity index (χ0v) is 18.6. The monoisotopic (exact) mass is 475 g/mol. The number of benzene rings is 2. The molecule has 0 aromatic heterocycles. The molecule has 11 heteroatoms. The van der Waals surface area contributed by atoms with Crippen LogP contribution in [0.2, 0.25) is 10.0 Å². The summed E-state index contributed by atoms with van der Waals surface area (Å²) in [5.41, 5.74) is 0.999. The van der Waals surface area contributed by atoms with E-state index in [9.17, 15) is 14.4 Å². The van der Waals surface area contributed by atoms with Crippen molar-refractivity contribution < 1.29 is 19.1 Å². The zero-order chi connectivity index (χ0) is 23.4. The predicted molar refractivity (Wildman–Crippen MR) is 121 cm³/mol. The maximum atomic E-state index is 12.6. The number of nitrogens with one attached hydrogen (secondary N) is 2. The van der Waals surface area contributed by atoms with Gasteiger partial charge < -0.3 is 4.74 Å². The van der Waals surface area contributed by atoms with E-state index in [1.807, 2.05) is 18.2 Å². The van der Waals surface area contributed by atoms with Crippen molar-refractivity contribution in [3.8, 4) is 0 Å². The standard InChI is InChI=1S/C21H19Cl2N5O4/c1-12(2)27(21(31)32-11-13-6-4-3-5-7-13)19(24)26-20-25-17(29)18(30)28(20)14-8-9-15(22)16(23)10-14/h3-10,12H,11H2,1-2H3,(H2,24,25,26,29). The molecule has 166 valence electrons. The number of nitrogens with zero attached hydrogens (tertiary/aromatic N) is 3. The van der Waals surface area contributed by atoms with Crippen LogP contribution in [0, 0.1) is 5.41 Å². The summed E-state index contributed by atoms with van der Waals surface area (Å²) in [7, 11) is 0. The number of carbonyl (C=O) groups excluding carboxylic acids is 3. The molecule has 3 rings (SSSR count). The van der Waals surface area contributed by atoms with E-state index in [-0.39, 0.29) is 28.3 Å². The van der Waals surface area contributed by atoms with Gasteiger partial charge in [0.15, 0.2) is 0 Å². The van der Waals surface area contributed by atoms with E-state index in [0.717, 1.165) is 15.4 Å². The third-order valence-corrected chi connectivity index (χ3v) is 5.09. The summed E-state index contributed by atoms with van der Waals surface area (Å²) in [6, 6.07) is 12.9. The first-order valence-corrected chi connectivity index (χ1v) is 10.2. The van der Waals surface area contributed by atoms with Gasteiger partial charge in [0.05, 0.1) is 15.7 Å². The van der Waals surface area contributed by atoms with Crippen LogP contribution in [-0.4, -0.2) is 40.8 Å². The van der Waals surface area contributed by atoms with E-state index < -0.39 is 29.9 Å². The highest BCUT2D eigenvalue weighted by atomic mass is 35.5. The van der Waals surface area contributed by atoms with Crippen LogP contribution in [0.15, 0.2) is 53.5 Å². The minimum absolute atomic E-state index is 0.0113. The normalized spacial score (nSPS) is 14.7. The molecule has 0 spiro atoms. The van der Waals surface area contributed by atoms with Gasteiger partial charge in [-0.1, -0.05) is 53.5 Å². The Kier molecular flexibility index (Phi) is 7.12. The summed E-state index contributed by atoms with van der Waals surface area (Å²) in [6.07, 6.45) is -0.796. The lowest BCUT2D eigenvalue weighted by atomic mass is 10.2. The Morgan fingerprint density at radius 1 is 1.16 bits per heavy atom. The van der Waals surface area contributed by atoms with Crippen molar-refractivity contribution in [3.63, 3.8) is 0 Å². The summed E-state index contributed by atoms with van der Waals surface area (Å²) < 4.78 is 5.30. The van der Waals surface area contributed by atoms with Crippen LogP contribution >= 0.6 is 23.2 Å². The second-order valence-corrected chi connectivity index (χ2v) is 7.77. The molecule has 0 bridgehead atoms. The number of guanidine groups is 2. The van der Waals surface area contributed by atoms with Gasteiger partial charge in [0.1, 0.15) is 6.61 Å². The first kappa shape index (κ1) is 23.2. The fourth-order valence-electron chi connectivity index (χ4n) is 2.84. The van der Waals surface area contributed by atoms with E-state index in [1.165, 1.54) is 18.2 Å². The Balaban J connectivity index is 1.84. The fourth-order valence-corrected chi connectivity index (χ4v) is 3.13. The van der Waals surface area contributed by atoms with Crippen molar-refractivity contribution in [2.45, 2.75) is 26.5 Å². The molecule has 9 nitrogen and oxygen atoms in total. The second kappa shape index (κ2) is 9.80. The van der Waals surface area contributed by atoms with E-state index in [0.29, 0.717) is 0 Å². The fraction of sp³-hybridized carbons (Fsp3) is 0.190. The molecule has 1 fully saturated rings. The number of hydrogen-bond donors (Lipinski definition) is 2. The van der Waals surface area contributed by atoms with Crippen LogP contribution in [0.1, 0.15) is 19.4 Å². The van der Waals surface area contributed by atoms with E-state index >= 15 is 0 Å². The Hall–Kier alpha value is -3.43. The lowest BCUT2D eigenvalue weighted by Gasteiger charge is -2.24. The molecule has 0 saturated carbocycles. The van der Waals surface area contributed by atoms with Gasteiger partial charge in [0.2, 0.25) is 11.9 Å². The zero-order valence-electron chi connectivity index (χ0n) is 17.1. The van der Waals surface area contributed by atoms with Crippen LogP contribution in [0.5, 0.6) is 0 Å². The molecule has 3 amide bonds. The molecule has 0 aliphatic carbocycles. The lowest BCUT2D eigenvalue weighted by Crippen LogP contribution is -2.43. The Morgan fingerprint density at radius 2 is 1.84 bits per heavy atom. The van der Waals surface area contributed by atoms with Gasteiger partial charge in [-0.2, -0.15) is 4.99 Å². The summed E-state index contributed by atoms with van der Waals surface area (Å²) in [4.78, 5) is 42.9. The molecule has 32 heavy (non-hydrogen) atoms. The Bertz CT molecular complexity index is 1100. The minimum Gasteiger partial charge on any atom is -0.444 e. The lowest BCUT2D eigenvalue weighted by molar-refractivity contribution is -0.134. The van der Waals surface area contributed by atoms with Gasteiger partial charge in [-0.05, 0) is 37.6 Å². The molecule has 1 saturated heterocycles. The molecule has 0 unspecified atom stereocenters. The smallest absolute Gasteiger partial charge is 0.417 e. The number of carbonyl (C=O) groups is 3. The predicted octanol–water partition coefficient (Wildman–Crippen LogP) is 3.79. The van der Waals surface area contributed by atoms with Crippen molar-refractivity contribution in [2.75, 3.05) is 4.90 Å². The summed E-state index contributed by atoms with van der Waals surface area (Å²) in [5.74, 6) is -2.62. The highest BCUT2D eigenvalue weighted by molar-refractivity contribution is 6.54. The van der Waals surface area contributed by atoms with E-state index in [1.54, 1.807) is 26.0 Å².